The second kappa shape index (κ2) is 6.00. The average molecular weight is 315 g/mol. The highest BCUT2D eigenvalue weighted by atomic mass is 19.2. The van der Waals surface area contributed by atoms with Crippen molar-refractivity contribution in [3.8, 4) is 5.75 Å². The maximum Gasteiger partial charge on any atom is 0.363 e. The van der Waals surface area contributed by atoms with Gasteiger partial charge in [0.25, 0.3) is 0 Å². The van der Waals surface area contributed by atoms with Crippen LogP contribution in [0.3, 0.4) is 0 Å². The Hall–Kier alpha value is -3.02. The van der Waals surface area contributed by atoms with Gasteiger partial charge in [0.1, 0.15) is 5.75 Å². The Bertz CT molecular complexity index is 843. The zero-order valence-corrected chi connectivity index (χ0v) is 12.0. The fraction of sp³-hybridized carbons (Fsp3) is 0.0588. The van der Waals surface area contributed by atoms with Crippen LogP contribution in [0.15, 0.2) is 53.2 Å². The molecule has 0 fully saturated rings. The lowest BCUT2D eigenvalue weighted by molar-refractivity contribution is -0.129. The van der Waals surface area contributed by atoms with E-state index in [1.54, 1.807) is 24.3 Å². The van der Waals surface area contributed by atoms with Crippen LogP contribution in [0.4, 0.5) is 8.78 Å². The molecule has 0 saturated carbocycles. The minimum atomic E-state index is -0.997. The highest BCUT2D eigenvalue weighted by molar-refractivity contribution is 6.12. The van der Waals surface area contributed by atoms with Gasteiger partial charge < -0.3 is 9.47 Å². The van der Waals surface area contributed by atoms with Crippen molar-refractivity contribution in [1.29, 1.82) is 0 Å². The predicted octanol–water partition coefficient (Wildman–Crippen LogP) is 3.32. The van der Waals surface area contributed by atoms with Crippen LogP contribution < -0.4 is 4.74 Å². The lowest BCUT2D eigenvalue weighted by Gasteiger charge is -2.02. The Kier molecular flexibility index (Phi) is 3.89. The molecule has 4 nitrogen and oxygen atoms in total. The van der Waals surface area contributed by atoms with Gasteiger partial charge in [0.05, 0.1) is 7.11 Å². The topological polar surface area (TPSA) is 47.9 Å². The Morgan fingerprint density at radius 1 is 1.13 bits per heavy atom. The molecule has 2 aromatic carbocycles. The molecule has 23 heavy (non-hydrogen) atoms. The summed E-state index contributed by atoms with van der Waals surface area (Å²) in [6, 6.07) is 10.2. The van der Waals surface area contributed by atoms with Crippen LogP contribution in [0.25, 0.3) is 6.08 Å². The van der Waals surface area contributed by atoms with Crippen LogP contribution in [0, 0.1) is 11.6 Å². The molecule has 6 heteroatoms. The van der Waals surface area contributed by atoms with Crippen LogP contribution in [0.1, 0.15) is 11.1 Å². The smallest absolute Gasteiger partial charge is 0.363 e. The molecule has 0 radical (unpaired) electrons. The fourth-order valence-electron chi connectivity index (χ4n) is 2.05. The van der Waals surface area contributed by atoms with E-state index in [0.717, 1.165) is 12.1 Å². The maximum atomic E-state index is 13.2. The number of methoxy groups -OCH3 is 1. The highest BCUT2D eigenvalue weighted by Crippen LogP contribution is 2.22. The van der Waals surface area contributed by atoms with E-state index in [1.165, 1.54) is 19.3 Å². The van der Waals surface area contributed by atoms with Crippen molar-refractivity contribution < 1.29 is 23.0 Å². The zero-order chi connectivity index (χ0) is 16.4. The molecular weight excluding hydrogens is 304 g/mol. The van der Waals surface area contributed by atoms with E-state index in [1.807, 2.05) is 0 Å². The number of nitrogens with zero attached hydrogens (tertiary/aromatic N) is 1. The molecule has 3 rings (SSSR count). The maximum absolute atomic E-state index is 13.2. The van der Waals surface area contributed by atoms with Gasteiger partial charge >= 0.3 is 5.97 Å². The molecule has 0 N–H and O–H groups in total. The van der Waals surface area contributed by atoms with E-state index in [0.29, 0.717) is 16.9 Å². The molecule has 0 aliphatic carbocycles. The number of rotatable bonds is 3. The van der Waals surface area contributed by atoms with E-state index < -0.39 is 17.6 Å². The van der Waals surface area contributed by atoms with E-state index >= 15 is 0 Å². The number of aliphatic imine (C=N–C) groups is 1. The van der Waals surface area contributed by atoms with Gasteiger partial charge in [-0.1, -0.05) is 12.1 Å². The number of benzene rings is 2. The number of ether oxygens (including phenoxy) is 2. The largest absolute Gasteiger partial charge is 0.497 e. The number of halogens is 2. The number of hydrogen-bond acceptors (Lipinski definition) is 4. The molecule has 0 atom stereocenters. The molecular formula is C17H11F2NO3. The van der Waals surface area contributed by atoms with E-state index in [-0.39, 0.29) is 11.6 Å². The van der Waals surface area contributed by atoms with E-state index in [2.05, 4.69) is 4.99 Å². The summed E-state index contributed by atoms with van der Waals surface area (Å²) in [6.45, 7) is 0. The van der Waals surface area contributed by atoms with E-state index in [4.69, 9.17) is 9.47 Å². The van der Waals surface area contributed by atoms with Gasteiger partial charge in [-0.3, -0.25) is 0 Å². The summed E-state index contributed by atoms with van der Waals surface area (Å²) < 4.78 is 36.3. The van der Waals surface area contributed by atoms with Crippen molar-refractivity contribution in [1.82, 2.24) is 0 Å². The summed E-state index contributed by atoms with van der Waals surface area (Å²) in [7, 11) is 1.52. The van der Waals surface area contributed by atoms with Gasteiger partial charge in [-0.15, -0.1) is 0 Å². The summed E-state index contributed by atoms with van der Waals surface area (Å²) in [5.74, 6) is -1.89. The molecule has 2 aromatic rings. The first kappa shape index (κ1) is 14.9. The Labute approximate surface area is 130 Å². The number of cyclic esters (lactones) is 1. The lowest BCUT2D eigenvalue weighted by atomic mass is 10.2. The van der Waals surface area contributed by atoms with Crippen molar-refractivity contribution in [3.05, 3.63) is 70.9 Å². The molecule has 116 valence electrons. The monoisotopic (exact) mass is 315 g/mol. The molecule has 1 heterocycles. The standard InChI is InChI=1S/C17H11F2NO3/c1-22-12-4-2-3-11(9-12)16-20-15(17(21)23-16)8-10-5-6-13(18)14(19)7-10/h2-9H,1H3/b15-8-. The summed E-state index contributed by atoms with van der Waals surface area (Å²) >= 11 is 0. The molecule has 0 spiro atoms. The summed E-state index contributed by atoms with van der Waals surface area (Å²) in [4.78, 5) is 16.0. The molecule has 0 bridgehead atoms. The van der Waals surface area contributed by atoms with Crippen LogP contribution in [0.2, 0.25) is 0 Å². The average Bonchev–Trinajstić information content (AvgIpc) is 2.92. The SMILES string of the molecule is COc1cccc(C2=N/C(=C\c3ccc(F)c(F)c3)C(=O)O2)c1. The van der Waals surface area contributed by atoms with Crippen molar-refractivity contribution in [2.24, 2.45) is 4.99 Å². The zero-order valence-electron chi connectivity index (χ0n) is 12.0. The van der Waals surface area contributed by atoms with Crippen LogP contribution >= 0.6 is 0 Å². The van der Waals surface area contributed by atoms with E-state index in [9.17, 15) is 13.6 Å². The van der Waals surface area contributed by atoms with Gasteiger partial charge in [-0.05, 0) is 42.0 Å². The summed E-state index contributed by atoms with van der Waals surface area (Å²) in [6.07, 6.45) is 1.33. The van der Waals surface area contributed by atoms with Crippen molar-refractivity contribution in [2.45, 2.75) is 0 Å². The van der Waals surface area contributed by atoms with Crippen molar-refractivity contribution in [2.75, 3.05) is 7.11 Å². The van der Waals surface area contributed by atoms with Crippen molar-refractivity contribution in [3.63, 3.8) is 0 Å². The molecule has 0 amide bonds. The van der Waals surface area contributed by atoms with Crippen molar-refractivity contribution >= 4 is 17.9 Å². The third-order valence-corrected chi connectivity index (χ3v) is 3.18. The quantitative estimate of drug-likeness (QED) is 0.645. The molecule has 0 saturated heterocycles. The van der Waals surface area contributed by atoms with Gasteiger partial charge in [0.2, 0.25) is 5.90 Å². The molecule has 0 aromatic heterocycles. The second-order valence-electron chi connectivity index (χ2n) is 4.74. The summed E-state index contributed by atoms with van der Waals surface area (Å²) in [5, 5.41) is 0. The second-order valence-corrected chi connectivity index (χ2v) is 4.74. The van der Waals surface area contributed by atoms with Gasteiger partial charge in [-0.2, -0.15) is 0 Å². The normalized spacial score (nSPS) is 15.5. The van der Waals surface area contributed by atoms with Crippen LogP contribution in [-0.2, 0) is 9.53 Å². The highest BCUT2D eigenvalue weighted by Gasteiger charge is 2.24. The Morgan fingerprint density at radius 2 is 1.96 bits per heavy atom. The summed E-state index contributed by atoms with van der Waals surface area (Å²) in [5.41, 5.74) is 0.895. The Morgan fingerprint density at radius 3 is 2.70 bits per heavy atom. The third-order valence-electron chi connectivity index (χ3n) is 3.18. The van der Waals surface area contributed by atoms with Crippen LogP contribution in [0.5, 0.6) is 5.75 Å². The minimum Gasteiger partial charge on any atom is -0.497 e. The first-order valence-electron chi connectivity index (χ1n) is 6.69. The van der Waals surface area contributed by atoms with Crippen LogP contribution in [-0.4, -0.2) is 19.0 Å². The number of hydrogen-bond donors (Lipinski definition) is 0. The van der Waals surface area contributed by atoms with Gasteiger partial charge in [0, 0.05) is 5.56 Å². The van der Waals surface area contributed by atoms with Gasteiger partial charge in [-0.25, -0.2) is 18.6 Å². The predicted molar refractivity (Wildman–Crippen MR) is 80.0 cm³/mol. The first-order valence-corrected chi connectivity index (χ1v) is 6.69. The lowest BCUT2D eigenvalue weighted by Crippen LogP contribution is -2.05. The molecule has 1 aliphatic rings. The minimum absolute atomic E-state index is 0.00817. The Balaban J connectivity index is 1.94. The number of carbonyl (C=O) groups is 1. The van der Waals surface area contributed by atoms with Gasteiger partial charge in [0.15, 0.2) is 17.3 Å². The molecule has 0 unspecified atom stereocenters. The first-order chi connectivity index (χ1) is 11.1. The molecule has 1 aliphatic heterocycles. The third kappa shape index (κ3) is 3.11. The number of carbonyl (C=O) groups excluding carboxylic acids is 1. The number of esters is 1. The fourth-order valence-corrected chi connectivity index (χ4v) is 2.05.